The lowest BCUT2D eigenvalue weighted by molar-refractivity contribution is -0.120. The normalized spacial score (nSPS) is 29.3. The van der Waals surface area contributed by atoms with Crippen LogP contribution in [0.3, 0.4) is 0 Å². The number of likely N-dealkylation sites (N-methyl/N-ethyl adjacent to an activating group) is 1. The topological polar surface area (TPSA) is 58.4 Å². The van der Waals surface area contributed by atoms with Gasteiger partial charge in [-0.1, -0.05) is 13.8 Å². The minimum atomic E-state index is -0.252. The van der Waals surface area contributed by atoms with Gasteiger partial charge in [0, 0.05) is 19.6 Å². The van der Waals surface area contributed by atoms with Gasteiger partial charge < -0.3 is 16.0 Å². The van der Waals surface area contributed by atoms with E-state index in [4.69, 9.17) is 5.73 Å². The van der Waals surface area contributed by atoms with Crippen molar-refractivity contribution in [2.75, 3.05) is 26.7 Å². The van der Waals surface area contributed by atoms with Crippen LogP contribution >= 0.6 is 0 Å². The van der Waals surface area contributed by atoms with Crippen LogP contribution < -0.4 is 11.1 Å². The van der Waals surface area contributed by atoms with Crippen molar-refractivity contribution in [3.05, 3.63) is 0 Å². The van der Waals surface area contributed by atoms with Gasteiger partial charge in [0.05, 0.1) is 6.04 Å². The predicted octanol–water partition coefficient (Wildman–Crippen LogP) is 0.0376. The van der Waals surface area contributed by atoms with E-state index >= 15 is 0 Å². The smallest absolute Gasteiger partial charge is 0.234 e. The molecule has 0 aromatic carbocycles. The molecule has 0 aromatic heterocycles. The highest BCUT2D eigenvalue weighted by molar-refractivity contribution is 5.79. The average molecular weight is 213 g/mol. The van der Waals surface area contributed by atoms with Crippen LogP contribution in [0.15, 0.2) is 0 Å². The van der Waals surface area contributed by atoms with Crippen molar-refractivity contribution in [1.29, 1.82) is 0 Å². The highest BCUT2D eigenvalue weighted by Gasteiger charge is 2.26. The van der Waals surface area contributed by atoms with Gasteiger partial charge in [-0.15, -0.1) is 0 Å². The van der Waals surface area contributed by atoms with Crippen LogP contribution in [0.4, 0.5) is 0 Å². The van der Waals surface area contributed by atoms with Crippen LogP contribution in [0.1, 0.15) is 20.3 Å². The largest absolute Gasteiger partial charge is 0.368 e. The molecule has 1 amide bonds. The SMILES string of the molecule is CNC(CCN1CC(C)C(C)C1)C(N)=O. The Bertz CT molecular complexity index is 210. The van der Waals surface area contributed by atoms with Crippen molar-refractivity contribution < 1.29 is 4.79 Å². The first-order valence-electron chi connectivity index (χ1n) is 5.73. The first kappa shape index (κ1) is 12.5. The predicted molar refractivity (Wildman–Crippen MR) is 61.4 cm³/mol. The molecule has 1 saturated heterocycles. The molecule has 4 nitrogen and oxygen atoms in total. The van der Waals surface area contributed by atoms with Crippen LogP contribution in [-0.2, 0) is 4.79 Å². The number of hydrogen-bond donors (Lipinski definition) is 2. The first-order chi connectivity index (χ1) is 7.04. The molecule has 1 aliphatic heterocycles. The minimum absolute atomic E-state index is 0.184. The summed E-state index contributed by atoms with van der Waals surface area (Å²) >= 11 is 0. The van der Waals surface area contributed by atoms with Crippen molar-refractivity contribution >= 4 is 5.91 Å². The van der Waals surface area contributed by atoms with Crippen molar-refractivity contribution in [3.8, 4) is 0 Å². The summed E-state index contributed by atoms with van der Waals surface area (Å²) in [6.07, 6.45) is 0.811. The Labute approximate surface area is 92.2 Å². The Kier molecular flexibility index (Phi) is 4.54. The third-order valence-electron chi connectivity index (χ3n) is 3.49. The van der Waals surface area contributed by atoms with Crippen LogP contribution in [0.2, 0.25) is 0 Å². The fourth-order valence-electron chi connectivity index (χ4n) is 2.17. The summed E-state index contributed by atoms with van der Waals surface area (Å²) in [5, 5.41) is 2.95. The van der Waals surface area contributed by atoms with E-state index in [1.165, 1.54) is 0 Å². The molecule has 0 bridgehead atoms. The number of primary amides is 1. The Hall–Kier alpha value is -0.610. The van der Waals surface area contributed by atoms with Gasteiger partial charge in [0.1, 0.15) is 0 Å². The molecule has 1 rings (SSSR count). The zero-order valence-electron chi connectivity index (χ0n) is 9.99. The number of likely N-dealkylation sites (tertiary alicyclic amines) is 1. The van der Waals surface area contributed by atoms with Crippen LogP contribution in [0, 0.1) is 11.8 Å². The maximum absolute atomic E-state index is 11.0. The summed E-state index contributed by atoms with van der Waals surface area (Å²) in [5.74, 6) is 1.29. The lowest BCUT2D eigenvalue weighted by Gasteiger charge is -2.18. The van der Waals surface area contributed by atoms with Gasteiger partial charge in [0.15, 0.2) is 0 Å². The summed E-state index contributed by atoms with van der Waals surface area (Å²) in [6, 6.07) is -0.184. The van der Waals surface area contributed by atoms with E-state index in [0.29, 0.717) is 0 Å². The molecule has 4 heteroatoms. The van der Waals surface area contributed by atoms with Gasteiger partial charge >= 0.3 is 0 Å². The summed E-state index contributed by atoms with van der Waals surface area (Å²) in [6.45, 7) is 7.83. The lowest BCUT2D eigenvalue weighted by atomic mass is 10.0. The summed E-state index contributed by atoms with van der Waals surface area (Å²) < 4.78 is 0. The maximum atomic E-state index is 11.0. The Morgan fingerprint density at radius 2 is 2.00 bits per heavy atom. The van der Waals surface area contributed by atoms with E-state index in [0.717, 1.165) is 37.9 Å². The van der Waals surface area contributed by atoms with Crippen LogP contribution in [0.25, 0.3) is 0 Å². The molecule has 3 unspecified atom stereocenters. The number of nitrogens with zero attached hydrogens (tertiary/aromatic N) is 1. The fourth-order valence-corrected chi connectivity index (χ4v) is 2.17. The van der Waals surface area contributed by atoms with Gasteiger partial charge in [-0.05, 0) is 25.3 Å². The fraction of sp³-hybridized carbons (Fsp3) is 0.909. The molecule has 0 radical (unpaired) electrons. The molecule has 88 valence electrons. The van der Waals surface area contributed by atoms with E-state index in [1.54, 1.807) is 7.05 Å². The number of nitrogens with one attached hydrogen (secondary N) is 1. The molecular weight excluding hydrogens is 190 g/mol. The van der Waals surface area contributed by atoms with E-state index in [9.17, 15) is 4.79 Å². The summed E-state index contributed by atoms with van der Waals surface area (Å²) in [7, 11) is 1.78. The van der Waals surface area contributed by atoms with Gasteiger partial charge in [-0.2, -0.15) is 0 Å². The maximum Gasteiger partial charge on any atom is 0.234 e. The molecular formula is C11H23N3O. The molecule has 0 saturated carbocycles. The van der Waals surface area contributed by atoms with Crippen LogP contribution in [0.5, 0.6) is 0 Å². The quantitative estimate of drug-likeness (QED) is 0.678. The Balaban J connectivity index is 2.28. The number of hydrogen-bond acceptors (Lipinski definition) is 3. The number of amides is 1. The zero-order chi connectivity index (χ0) is 11.4. The van der Waals surface area contributed by atoms with Gasteiger partial charge in [0.25, 0.3) is 0 Å². The van der Waals surface area contributed by atoms with Gasteiger partial charge in [0.2, 0.25) is 5.91 Å². The van der Waals surface area contributed by atoms with E-state index < -0.39 is 0 Å². The van der Waals surface area contributed by atoms with E-state index in [2.05, 4.69) is 24.1 Å². The molecule has 15 heavy (non-hydrogen) atoms. The highest BCUT2D eigenvalue weighted by Crippen LogP contribution is 2.21. The average Bonchev–Trinajstić information content (AvgIpc) is 2.47. The van der Waals surface area contributed by atoms with Crippen molar-refractivity contribution in [2.24, 2.45) is 17.6 Å². The van der Waals surface area contributed by atoms with Crippen molar-refractivity contribution in [1.82, 2.24) is 10.2 Å². The molecule has 1 aliphatic rings. The standard InChI is InChI=1S/C11H23N3O/c1-8-6-14(7-9(8)2)5-4-10(13-3)11(12)15/h8-10,13H,4-7H2,1-3H3,(H2,12,15). The molecule has 0 aromatic rings. The second kappa shape index (κ2) is 5.47. The highest BCUT2D eigenvalue weighted by atomic mass is 16.1. The van der Waals surface area contributed by atoms with E-state index in [-0.39, 0.29) is 11.9 Å². The van der Waals surface area contributed by atoms with Gasteiger partial charge in [-0.25, -0.2) is 0 Å². The third kappa shape index (κ3) is 3.47. The van der Waals surface area contributed by atoms with Crippen LogP contribution in [-0.4, -0.2) is 43.5 Å². The molecule has 3 atom stereocenters. The second-order valence-corrected chi connectivity index (χ2v) is 4.75. The summed E-state index contributed by atoms with van der Waals surface area (Å²) in [4.78, 5) is 13.4. The molecule has 1 heterocycles. The Morgan fingerprint density at radius 3 is 2.40 bits per heavy atom. The van der Waals surface area contributed by atoms with Crippen molar-refractivity contribution in [3.63, 3.8) is 0 Å². The number of nitrogens with two attached hydrogens (primary N) is 1. The molecule has 3 N–H and O–H groups in total. The second-order valence-electron chi connectivity index (χ2n) is 4.75. The third-order valence-corrected chi connectivity index (χ3v) is 3.49. The minimum Gasteiger partial charge on any atom is -0.368 e. The monoisotopic (exact) mass is 213 g/mol. The Morgan fingerprint density at radius 1 is 1.47 bits per heavy atom. The number of carbonyl (C=O) groups is 1. The zero-order valence-corrected chi connectivity index (χ0v) is 9.99. The van der Waals surface area contributed by atoms with E-state index in [1.807, 2.05) is 0 Å². The van der Waals surface area contributed by atoms with Crippen molar-refractivity contribution in [2.45, 2.75) is 26.3 Å². The van der Waals surface area contributed by atoms with Gasteiger partial charge in [-0.3, -0.25) is 4.79 Å². The molecule has 0 aliphatic carbocycles. The molecule has 0 spiro atoms. The first-order valence-corrected chi connectivity index (χ1v) is 5.73. The number of carbonyl (C=O) groups excluding carboxylic acids is 1. The summed E-state index contributed by atoms with van der Waals surface area (Å²) in [5.41, 5.74) is 5.27. The lowest BCUT2D eigenvalue weighted by Crippen LogP contribution is -2.41. The number of rotatable bonds is 5. The molecule has 1 fully saturated rings.